The highest BCUT2D eigenvalue weighted by molar-refractivity contribution is 7.99. The third-order valence-electron chi connectivity index (χ3n) is 5.89. The van der Waals surface area contributed by atoms with Gasteiger partial charge in [-0.3, -0.25) is 4.79 Å². The third kappa shape index (κ3) is 5.18. The average Bonchev–Trinajstić information content (AvgIpc) is 3.21. The van der Waals surface area contributed by atoms with Crippen molar-refractivity contribution in [1.82, 2.24) is 9.88 Å². The molecule has 0 bridgehead atoms. The van der Waals surface area contributed by atoms with Crippen LogP contribution < -0.4 is 5.32 Å². The van der Waals surface area contributed by atoms with Gasteiger partial charge in [-0.2, -0.15) is 5.26 Å². The van der Waals surface area contributed by atoms with Crippen LogP contribution in [-0.2, 0) is 13.0 Å². The molecule has 0 unspecified atom stereocenters. The molecule has 34 heavy (non-hydrogen) atoms. The number of benzene rings is 3. The molecule has 4 rings (SSSR count). The molecule has 1 aromatic heterocycles. The van der Waals surface area contributed by atoms with E-state index in [2.05, 4.69) is 67.1 Å². The fourth-order valence-electron chi connectivity index (χ4n) is 4.31. The van der Waals surface area contributed by atoms with Gasteiger partial charge in [0.1, 0.15) is 0 Å². The van der Waals surface area contributed by atoms with Gasteiger partial charge in [-0.1, -0.05) is 37.3 Å². The molecule has 1 heterocycles. The van der Waals surface area contributed by atoms with E-state index >= 15 is 0 Å². The molecule has 1 amide bonds. The van der Waals surface area contributed by atoms with Gasteiger partial charge in [0.05, 0.1) is 11.6 Å². The molecule has 3 aromatic carbocycles. The summed E-state index contributed by atoms with van der Waals surface area (Å²) in [6.07, 6.45) is 0.671. The fourth-order valence-corrected chi connectivity index (χ4v) is 4.98. The predicted octanol–water partition coefficient (Wildman–Crippen LogP) is 6.73. The van der Waals surface area contributed by atoms with E-state index in [1.165, 1.54) is 4.90 Å². The molecule has 0 aliphatic heterocycles. The molecule has 1 N–H and O–H groups in total. The van der Waals surface area contributed by atoms with Crippen LogP contribution in [0.4, 0.5) is 0 Å². The van der Waals surface area contributed by atoms with Gasteiger partial charge < -0.3 is 9.88 Å². The number of amides is 1. The van der Waals surface area contributed by atoms with Gasteiger partial charge in [-0.15, -0.1) is 11.8 Å². The molecule has 0 saturated carbocycles. The molecule has 0 spiro atoms. The van der Waals surface area contributed by atoms with Gasteiger partial charge in [0, 0.05) is 46.1 Å². The van der Waals surface area contributed by atoms with E-state index in [0.717, 1.165) is 33.5 Å². The Morgan fingerprint density at radius 2 is 1.82 bits per heavy atom. The molecule has 0 aliphatic rings. The molecular weight excluding hydrogens is 438 g/mol. The van der Waals surface area contributed by atoms with Gasteiger partial charge >= 0.3 is 0 Å². The van der Waals surface area contributed by atoms with Gasteiger partial charge in [0.2, 0.25) is 0 Å². The van der Waals surface area contributed by atoms with Crippen molar-refractivity contribution in [3.63, 3.8) is 0 Å². The molecule has 0 aliphatic carbocycles. The van der Waals surface area contributed by atoms with E-state index in [9.17, 15) is 10.1 Å². The number of nitriles is 1. The molecule has 172 valence electrons. The zero-order chi connectivity index (χ0) is 24.1. The number of fused-ring (bicyclic) bond motifs is 1. The Morgan fingerprint density at radius 1 is 1.06 bits per heavy atom. The van der Waals surface area contributed by atoms with Crippen LogP contribution in [0.2, 0.25) is 0 Å². The van der Waals surface area contributed by atoms with Gasteiger partial charge in [0.15, 0.2) is 0 Å². The first-order valence-electron chi connectivity index (χ1n) is 11.6. The summed E-state index contributed by atoms with van der Waals surface area (Å²) in [6, 6.07) is 26.6. The molecular formula is C29H29N3OS. The van der Waals surface area contributed by atoms with Gasteiger partial charge in [0.25, 0.3) is 5.91 Å². The Labute approximate surface area is 205 Å². The van der Waals surface area contributed by atoms with Crippen LogP contribution in [0.25, 0.3) is 10.9 Å². The van der Waals surface area contributed by atoms with Crippen molar-refractivity contribution in [3.8, 4) is 6.07 Å². The molecule has 0 fully saturated rings. The second-order valence-electron chi connectivity index (χ2n) is 8.58. The van der Waals surface area contributed by atoms with Crippen molar-refractivity contribution in [3.05, 3.63) is 101 Å². The SMILES string of the molecule is CCSc1ccc(CNC(=O)c2ccc3c(c2)cc(Cc2ccccc2C#N)n3C(C)C)cc1. The second kappa shape index (κ2) is 10.6. The molecule has 0 saturated heterocycles. The summed E-state index contributed by atoms with van der Waals surface area (Å²) in [5.41, 5.74) is 5.67. The Bertz CT molecular complexity index is 1350. The zero-order valence-electron chi connectivity index (χ0n) is 19.8. The number of carbonyl (C=O) groups is 1. The number of aromatic nitrogens is 1. The quantitative estimate of drug-likeness (QED) is 0.292. The monoisotopic (exact) mass is 467 g/mol. The highest BCUT2D eigenvalue weighted by Crippen LogP contribution is 2.28. The number of hydrogen-bond acceptors (Lipinski definition) is 3. The lowest BCUT2D eigenvalue weighted by Gasteiger charge is -2.15. The summed E-state index contributed by atoms with van der Waals surface area (Å²) in [4.78, 5) is 14.1. The summed E-state index contributed by atoms with van der Waals surface area (Å²) < 4.78 is 2.29. The largest absolute Gasteiger partial charge is 0.348 e. The zero-order valence-corrected chi connectivity index (χ0v) is 20.7. The molecule has 0 radical (unpaired) electrons. The van der Waals surface area contributed by atoms with E-state index in [1.807, 2.05) is 54.2 Å². The molecule has 0 atom stereocenters. The van der Waals surface area contributed by atoms with Crippen LogP contribution in [0.15, 0.2) is 77.7 Å². The Hall–Kier alpha value is -3.49. The standard InChI is InChI=1S/C29H29N3OS/c1-4-34-27-12-9-21(10-13-27)19-31-29(33)23-11-14-28-25(15-23)17-26(32(28)20(2)3)16-22-7-5-6-8-24(22)18-30/h5-15,17,20H,4,16,19H2,1-3H3,(H,31,33). The van der Waals surface area contributed by atoms with Crippen LogP contribution in [0.1, 0.15) is 59.6 Å². The highest BCUT2D eigenvalue weighted by Gasteiger charge is 2.15. The van der Waals surface area contributed by atoms with Crippen LogP contribution in [-0.4, -0.2) is 16.2 Å². The predicted molar refractivity (Wildman–Crippen MR) is 140 cm³/mol. The fraction of sp³-hybridized carbons (Fsp3) is 0.241. The minimum Gasteiger partial charge on any atom is -0.348 e. The highest BCUT2D eigenvalue weighted by atomic mass is 32.2. The lowest BCUT2D eigenvalue weighted by molar-refractivity contribution is 0.0951. The summed E-state index contributed by atoms with van der Waals surface area (Å²) in [5.74, 6) is 0.964. The van der Waals surface area contributed by atoms with Crippen molar-refractivity contribution in [2.75, 3.05) is 5.75 Å². The second-order valence-corrected chi connectivity index (χ2v) is 9.92. The van der Waals surface area contributed by atoms with E-state index in [4.69, 9.17) is 0 Å². The maximum Gasteiger partial charge on any atom is 0.251 e. The Kier molecular flexibility index (Phi) is 7.40. The van der Waals surface area contributed by atoms with Crippen molar-refractivity contribution in [2.45, 2.75) is 44.7 Å². The molecule has 4 nitrogen and oxygen atoms in total. The number of thioether (sulfide) groups is 1. The maximum absolute atomic E-state index is 12.9. The summed E-state index contributed by atoms with van der Waals surface area (Å²) in [7, 11) is 0. The van der Waals surface area contributed by atoms with Crippen molar-refractivity contribution < 1.29 is 4.79 Å². The first-order valence-corrected chi connectivity index (χ1v) is 12.6. The Morgan fingerprint density at radius 3 is 2.53 bits per heavy atom. The van der Waals surface area contributed by atoms with Crippen molar-refractivity contribution in [1.29, 1.82) is 5.26 Å². The smallest absolute Gasteiger partial charge is 0.251 e. The van der Waals surface area contributed by atoms with Crippen LogP contribution >= 0.6 is 11.8 Å². The van der Waals surface area contributed by atoms with E-state index in [-0.39, 0.29) is 11.9 Å². The van der Waals surface area contributed by atoms with E-state index in [1.54, 1.807) is 0 Å². The van der Waals surface area contributed by atoms with E-state index < -0.39 is 0 Å². The maximum atomic E-state index is 12.9. The first-order chi connectivity index (χ1) is 16.5. The topological polar surface area (TPSA) is 57.8 Å². The first kappa shape index (κ1) is 23.7. The number of nitrogens with zero attached hydrogens (tertiary/aromatic N) is 2. The Balaban J connectivity index is 1.56. The van der Waals surface area contributed by atoms with Crippen molar-refractivity contribution in [2.24, 2.45) is 0 Å². The van der Waals surface area contributed by atoms with Gasteiger partial charge in [-0.25, -0.2) is 0 Å². The minimum atomic E-state index is -0.0809. The van der Waals surface area contributed by atoms with Crippen LogP contribution in [0.5, 0.6) is 0 Å². The summed E-state index contributed by atoms with van der Waals surface area (Å²) >= 11 is 1.81. The van der Waals surface area contributed by atoms with Crippen LogP contribution in [0, 0.1) is 11.3 Å². The lowest BCUT2D eigenvalue weighted by atomic mass is 10.0. The number of rotatable bonds is 8. The summed E-state index contributed by atoms with van der Waals surface area (Å²) in [6.45, 7) is 6.95. The number of nitrogens with one attached hydrogen (secondary N) is 1. The molecule has 5 heteroatoms. The van der Waals surface area contributed by atoms with Crippen molar-refractivity contribution >= 4 is 28.6 Å². The molecule has 4 aromatic rings. The van der Waals surface area contributed by atoms with Gasteiger partial charge in [-0.05, 0) is 73.2 Å². The average molecular weight is 468 g/mol. The lowest BCUT2D eigenvalue weighted by Crippen LogP contribution is -2.22. The van der Waals surface area contributed by atoms with Crippen LogP contribution in [0.3, 0.4) is 0 Å². The minimum absolute atomic E-state index is 0.0809. The number of hydrogen-bond donors (Lipinski definition) is 1. The van der Waals surface area contributed by atoms with E-state index in [0.29, 0.717) is 24.1 Å². The third-order valence-corrected chi connectivity index (χ3v) is 6.79. The summed E-state index contributed by atoms with van der Waals surface area (Å²) in [5, 5.41) is 13.6. The normalized spacial score (nSPS) is 11.0. The number of carbonyl (C=O) groups excluding carboxylic acids is 1.